The van der Waals surface area contributed by atoms with E-state index in [1.807, 2.05) is 0 Å². The Morgan fingerprint density at radius 1 is 0.760 bits per heavy atom. The minimum Gasteiger partial charge on any atom is -0.779 e. The smallest absolute Gasteiger partial charge is 0.132 e. The quantitative estimate of drug-likeness (QED) is 0.206. The first-order chi connectivity index (χ1) is 11.8. The van der Waals surface area contributed by atoms with Crippen LogP contribution in [-0.2, 0) is 4.57 Å². The van der Waals surface area contributed by atoms with E-state index in [2.05, 4.69) is 20.9 Å². The zero-order chi connectivity index (χ0) is 19.0. The lowest BCUT2D eigenvalue weighted by Crippen LogP contribution is -2.45. The van der Waals surface area contributed by atoms with E-state index in [0.717, 1.165) is 24.1 Å². The summed E-state index contributed by atoms with van der Waals surface area (Å²) >= 11 is 0. The van der Waals surface area contributed by atoms with Crippen molar-refractivity contribution < 1.29 is 18.8 Å². The van der Waals surface area contributed by atoms with Crippen molar-refractivity contribution in [1.29, 1.82) is 0 Å². The van der Waals surface area contributed by atoms with Crippen LogP contribution in [0.25, 0.3) is 0 Å². The normalized spacial score (nSPS) is 16.5. The van der Waals surface area contributed by atoms with E-state index in [-0.39, 0.29) is 6.16 Å². The summed E-state index contributed by atoms with van der Waals surface area (Å²) in [6.07, 6.45) is 16.8. The molecule has 0 aliphatic heterocycles. The number of nitrogens with zero attached hydrogens (tertiary/aromatic N) is 1. The second kappa shape index (κ2) is 15.2. The van der Waals surface area contributed by atoms with Crippen LogP contribution in [0.3, 0.4) is 0 Å². The number of unbranched alkanes of at least 4 members (excludes halogenated alkanes) is 11. The average molecular weight is 378 g/mol. The Hall–Kier alpha value is 0.110. The van der Waals surface area contributed by atoms with Gasteiger partial charge in [-0.1, -0.05) is 71.1 Å². The van der Waals surface area contributed by atoms with Crippen molar-refractivity contribution in [2.75, 3.05) is 32.8 Å². The van der Waals surface area contributed by atoms with Crippen LogP contribution in [-0.4, -0.2) is 42.2 Å². The first-order valence-electron chi connectivity index (χ1n) is 10.7. The van der Waals surface area contributed by atoms with Crippen molar-refractivity contribution in [2.45, 2.75) is 97.3 Å². The van der Waals surface area contributed by atoms with Gasteiger partial charge in [-0.15, -0.1) is 0 Å². The van der Waals surface area contributed by atoms with Crippen LogP contribution in [0.2, 0.25) is 0 Å². The van der Waals surface area contributed by atoms with Gasteiger partial charge in [0.25, 0.3) is 0 Å². The zero-order valence-electron chi connectivity index (χ0n) is 17.2. The highest BCUT2D eigenvalue weighted by atomic mass is 31.2. The first-order valence-corrected chi connectivity index (χ1v) is 12.5. The van der Waals surface area contributed by atoms with Crippen LogP contribution in [0.5, 0.6) is 0 Å². The summed E-state index contributed by atoms with van der Waals surface area (Å²) in [7, 11) is -1.88. The Morgan fingerprint density at radius 2 is 1.16 bits per heavy atom. The second-order valence-electron chi connectivity index (χ2n) is 7.99. The molecule has 0 amide bonds. The third-order valence-electron chi connectivity index (χ3n) is 5.45. The van der Waals surface area contributed by atoms with Crippen LogP contribution in [0.4, 0.5) is 0 Å². The molecule has 0 bridgehead atoms. The van der Waals surface area contributed by atoms with Crippen molar-refractivity contribution in [3.63, 3.8) is 0 Å². The summed E-state index contributed by atoms with van der Waals surface area (Å²) in [4.78, 5) is 19.7. The second-order valence-corrected chi connectivity index (χ2v) is 9.71. The lowest BCUT2D eigenvalue weighted by atomic mass is 10.1. The van der Waals surface area contributed by atoms with E-state index >= 15 is 0 Å². The highest BCUT2D eigenvalue weighted by Gasteiger charge is 2.18. The molecule has 0 aliphatic rings. The van der Waals surface area contributed by atoms with E-state index in [1.54, 1.807) is 0 Å². The fraction of sp³-hybridized carbons (Fsp3) is 1.00. The van der Waals surface area contributed by atoms with Crippen LogP contribution in [0.1, 0.15) is 97.3 Å². The topological polar surface area (TPSA) is 60.4 Å². The molecular formula is C20H44NO3P. The molecular weight excluding hydrogens is 333 g/mol. The average Bonchev–Trinajstić information content (AvgIpc) is 2.54. The Bertz CT molecular complexity index is 346. The van der Waals surface area contributed by atoms with Gasteiger partial charge >= 0.3 is 0 Å². The molecule has 2 unspecified atom stereocenters. The predicted molar refractivity (Wildman–Crippen MR) is 107 cm³/mol. The Morgan fingerprint density at radius 3 is 1.56 bits per heavy atom. The van der Waals surface area contributed by atoms with Gasteiger partial charge in [-0.3, -0.25) is 0 Å². The fourth-order valence-electron chi connectivity index (χ4n) is 3.41. The molecule has 4 nitrogen and oxygen atoms in total. The molecule has 152 valence electrons. The van der Waals surface area contributed by atoms with E-state index in [0.29, 0.717) is 6.42 Å². The summed E-state index contributed by atoms with van der Waals surface area (Å²) in [6.45, 7) is 7.40. The summed E-state index contributed by atoms with van der Waals surface area (Å²) in [5.74, 6) is 0. The van der Waals surface area contributed by atoms with Gasteiger partial charge in [-0.2, -0.15) is 0 Å². The van der Waals surface area contributed by atoms with Crippen LogP contribution >= 0.6 is 7.60 Å². The van der Waals surface area contributed by atoms with E-state index < -0.39 is 7.60 Å². The maximum absolute atomic E-state index is 10.9. The summed E-state index contributed by atoms with van der Waals surface area (Å²) in [5.41, 5.74) is 0. The molecule has 0 radical (unpaired) electrons. The van der Waals surface area contributed by atoms with E-state index in [4.69, 9.17) is 4.89 Å². The SMILES string of the molecule is CCCCCCCCCCCCCC[N+](C)(CC)CCCP(=O)([O-])O. The maximum atomic E-state index is 10.9. The van der Waals surface area contributed by atoms with Gasteiger partial charge in [0.2, 0.25) is 0 Å². The first kappa shape index (κ1) is 25.1. The molecule has 0 spiro atoms. The lowest BCUT2D eigenvalue weighted by Gasteiger charge is -2.34. The number of hydrogen-bond acceptors (Lipinski definition) is 2. The molecule has 0 rings (SSSR count). The van der Waals surface area contributed by atoms with Gasteiger partial charge in [0.05, 0.1) is 26.7 Å². The molecule has 0 aromatic rings. The number of hydrogen-bond donors (Lipinski definition) is 1. The van der Waals surface area contributed by atoms with Crippen molar-refractivity contribution >= 4 is 7.60 Å². The molecule has 0 aromatic heterocycles. The molecule has 0 fully saturated rings. The van der Waals surface area contributed by atoms with Crippen molar-refractivity contribution in [1.82, 2.24) is 0 Å². The van der Waals surface area contributed by atoms with Crippen molar-refractivity contribution in [3.8, 4) is 0 Å². The minimum atomic E-state index is -4.08. The fourth-order valence-corrected chi connectivity index (χ4v) is 3.96. The summed E-state index contributed by atoms with van der Waals surface area (Å²) in [6, 6.07) is 0. The van der Waals surface area contributed by atoms with Gasteiger partial charge in [-0.05, 0) is 19.8 Å². The highest BCUT2D eigenvalue weighted by molar-refractivity contribution is 7.50. The lowest BCUT2D eigenvalue weighted by molar-refractivity contribution is -0.908. The highest BCUT2D eigenvalue weighted by Crippen LogP contribution is 2.29. The molecule has 0 heterocycles. The van der Waals surface area contributed by atoms with E-state index in [1.165, 1.54) is 77.0 Å². The standard InChI is InChI=1S/C20H44NO3P/c1-4-6-7-8-9-10-11-12-13-14-15-16-18-21(3,5-2)19-17-20-25(22,23)24/h4-20H2,1-3H3,(H-,22,23,24). The summed E-state index contributed by atoms with van der Waals surface area (Å²) in [5, 5.41) is 0. The third kappa shape index (κ3) is 17.3. The van der Waals surface area contributed by atoms with Gasteiger partial charge in [-0.25, -0.2) is 0 Å². The third-order valence-corrected chi connectivity index (χ3v) is 6.33. The van der Waals surface area contributed by atoms with Crippen molar-refractivity contribution in [2.24, 2.45) is 0 Å². The molecule has 0 saturated heterocycles. The zero-order valence-corrected chi connectivity index (χ0v) is 18.1. The van der Waals surface area contributed by atoms with Gasteiger partial charge < -0.3 is 18.8 Å². The number of quaternary nitrogens is 1. The van der Waals surface area contributed by atoms with E-state index in [9.17, 15) is 9.46 Å². The van der Waals surface area contributed by atoms with Crippen molar-refractivity contribution in [3.05, 3.63) is 0 Å². The number of rotatable bonds is 18. The predicted octanol–water partition coefficient (Wildman–Crippen LogP) is 5.09. The van der Waals surface area contributed by atoms with Gasteiger partial charge in [0, 0.05) is 12.6 Å². The molecule has 0 aromatic carbocycles. The maximum Gasteiger partial charge on any atom is 0.132 e. The van der Waals surface area contributed by atoms with Crippen LogP contribution in [0.15, 0.2) is 0 Å². The monoisotopic (exact) mass is 377 g/mol. The molecule has 25 heavy (non-hydrogen) atoms. The van der Waals surface area contributed by atoms with Crippen LogP contribution in [0, 0.1) is 0 Å². The van der Waals surface area contributed by atoms with Crippen LogP contribution < -0.4 is 4.89 Å². The minimum absolute atomic E-state index is 0.0840. The largest absolute Gasteiger partial charge is 0.779 e. The Balaban J connectivity index is 3.53. The Labute approximate surface area is 157 Å². The van der Waals surface area contributed by atoms with Gasteiger partial charge in [0.1, 0.15) is 7.60 Å². The molecule has 2 atom stereocenters. The summed E-state index contributed by atoms with van der Waals surface area (Å²) < 4.78 is 11.8. The molecule has 0 saturated carbocycles. The van der Waals surface area contributed by atoms with Gasteiger partial charge in [0.15, 0.2) is 0 Å². The Kier molecular flexibility index (Phi) is 15.3. The molecule has 1 N–H and O–H groups in total. The molecule has 0 aliphatic carbocycles. The molecule has 5 heteroatoms.